The summed E-state index contributed by atoms with van der Waals surface area (Å²) in [6, 6.07) is 0. The van der Waals surface area contributed by atoms with Crippen LogP contribution in [0.4, 0.5) is 0 Å². The lowest BCUT2D eigenvalue weighted by molar-refractivity contribution is 0.0948. The van der Waals surface area contributed by atoms with E-state index in [1.807, 2.05) is 12.3 Å². The van der Waals surface area contributed by atoms with Gasteiger partial charge in [-0.1, -0.05) is 17.0 Å². The van der Waals surface area contributed by atoms with Crippen molar-refractivity contribution in [3.05, 3.63) is 17.7 Å². The summed E-state index contributed by atoms with van der Waals surface area (Å²) >= 11 is 2.96. The second kappa shape index (κ2) is 5.89. The molecule has 0 fully saturated rings. The van der Waals surface area contributed by atoms with Gasteiger partial charge in [0.05, 0.1) is 12.7 Å². The molecule has 96 valence electrons. The van der Waals surface area contributed by atoms with Crippen molar-refractivity contribution in [2.45, 2.75) is 17.8 Å². The highest BCUT2D eigenvalue weighted by atomic mass is 32.2. The van der Waals surface area contributed by atoms with Crippen molar-refractivity contribution in [2.75, 3.05) is 5.75 Å². The smallest absolute Gasteiger partial charge is 0.287 e. The Bertz CT molecular complexity index is 537. The first-order chi connectivity index (χ1) is 8.69. The Morgan fingerprint density at radius 3 is 3.17 bits per heavy atom. The summed E-state index contributed by atoms with van der Waals surface area (Å²) in [5.41, 5.74) is 2.21. The number of carbonyl (C=O) groups excluding carboxylic acids is 1. The van der Waals surface area contributed by atoms with E-state index >= 15 is 0 Å². The zero-order valence-electron chi connectivity index (χ0n) is 9.53. The Hall–Kier alpha value is -1.52. The van der Waals surface area contributed by atoms with Crippen LogP contribution >= 0.6 is 23.3 Å². The highest BCUT2D eigenvalue weighted by Gasteiger charge is 2.08. The number of nitrogens with two attached hydrogens (primary N) is 1. The Labute approximate surface area is 111 Å². The monoisotopic (exact) mass is 285 g/mol. The molecule has 0 unspecified atom stereocenters. The van der Waals surface area contributed by atoms with Crippen LogP contribution in [0.3, 0.4) is 0 Å². The number of aromatic nitrogens is 5. The van der Waals surface area contributed by atoms with E-state index in [-0.39, 0.29) is 5.69 Å². The molecule has 0 aliphatic carbocycles. The average molecular weight is 285 g/mol. The quantitative estimate of drug-likeness (QED) is 0.339. The van der Waals surface area contributed by atoms with E-state index in [2.05, 4.69) is 19.7 Å². The summed E-state index contributed by atoms with van der Waals surface area (Å²) in [6.45, 7) is 2.49. The predicted molar refractivity (Wildman–Crippen MR) is 67.0 cm³/mol. The molecule has 2 aromatic rings. The zero-order chi connectivity index (χ0) is 13.0. The normalized spacial score (nSPS) is 10.6. The first-order valence-electron chi connectivity index (χ1n) is 5.03. The number of amides is 1. The molecule has 0 spiro atoms. The average Bonchev–Trinajstić information content (AvgIpc) is 2.98. The molecule has 1 amide bonds. The van der Waals surface area contributed by atoms with E-state index in [1.165, 1.54) is 11.5 Å². The molecule has 10 heteroatoms. The number of hydrazine groups is 1. The third-order valence-electron chi connectivity index (χ3n) is 1.96. The second-order valence-electron chi connectivity index (χ2n) is 3.30. The van der Waals surface area contributed by atoms with Crippen molar-refractivity contribution in [2.24, 2.45) is 5.84 Å². The molecule has 0 bridgehead atoms. The Morgan fingerprint density at radius 1 is 1.67 bits per heavy atom. The molecular formula is C8H11N7OS2. The van der Waals surface area contributed by atoms with Gasteiger partial charge in [-0.15, -0.1) is 5.10 Å². The minimum Gasteiger partial charge on any atom is -0.289 e. The van der Waals surface area contributed by atoms with Crippen molar-refractivity contribution < 1.29 is 4.79 Å². The van der Waals surface area contributed by atoms with Gasteiger partial charge in [0, 0.05) is 5.75 Å². The molecule has 0 aromatic carbocycles. The maximum absolute atomic E-state index is 11.2. The number of hydrogen-bond acceptors (Lipinski definition) is 8. The van der Waals surface area contributed by atoms with Crippen LogP contribution in [0, 0.1) is 6.92 Å². The largest absolute Gasteiger partial charge is 0.289 e. The molecule has 0 aliphatic heterocycles. The van der Waals surface area contributed by atoms with Crippen molar-refractivity contribution in [3.8, 4) is 0 Å². The maximum Gasteiger partial charge on any atom is 0.287 e. The minimum atomic E-state index is -0.450. The van der Waals surface area contributed by atoms with Gasteiger partial charge in [0.15, 0.2) is 10.0 Å². The summed E-state index contributed by atoms with van der Waals surface area (Å²) in [6.07, 6.45) is 1.55. The van der Waals surface area contributed by atoms with Crippen LogP contribution in [0.15, 0.2) is 10.5 Å². The van der Waals surface area contributed by atoms with E-state index in [9.17, 15) is 4.79 Å². The summed E-state index contributed by atoms with van der Waals surface area (Å²) < 4.78 is 6.60. The third kappa shape index (κ3) is 3.24. The summed E-state index contributed by atoms with van der Waals surface area (Å²) in [4.78, 5) is 15.4. The summed E-state index contributed by atoms with van der Waals surface area (Å²) in [5, 5.41) is 7.53. The van der Waals surface area contributed by atoms with Crippen LogP contribution in [-0.2, 0) is 6.54 Å². The van der Waals surface area contributed by atoms with Gasteiger partial charge in [-0.3, -0.25) is 14.9 Å². The van der Waals surface area contributed by atoms with E-state index in [4.69, 9.17) is 5.84 Å². The molecule has 0 aliphatic rings. The molecule has 18 heavy (non-hydrogen) atoms. The van der Waals surface area contributed by atoms with Crippen LogP contribution in [0.5, 0.6) is 0 Å². The third-order valence-corrected chi connectivity index (χ3v) is 3.86. The number of aryl methyl sites for hydroxylation is 2. The van der Waals surface area contributed by atoms with Crippen LogP contribution in [-0.4, -0.2) is 36.0 Å². The fraction of sp³-hybridized carbons (Fsp3) is 0.375. The summed E-state index contributed by atoms with van der Waals surface area (Å²) in [7, 11) is 0. The van der Waals surface area contributed by atoms with Crippen LogP contribution in [0.1, 0.15) is 16.3 Å². The first kappa shape index (κ1) is 12.9. The highest BCUT2D eigenvalue weighted by Crippen LogP contribution is 2.19. The molecule has 8 nitrogen and oxygen atoms in total. The molecule has 2 heterocycles. The molecule has 0 saturated heterocycles. The number of rotatable bonds is 5. The predicted octanol–water partition coefficient (Wildman–Crippen LogP) is -0.166. The van der Waals surface area contributed by atoms with Gasteiger partial charge in [0.25, 0.3) is 5.91 Å². The van der Waals surface area contributed by atoms with Gasteiger partial charge >= 0.3 is 0 Å². The van der Waals surface area contributed by atoms with Gasteiger partial charge in [0.1, 0.15) is 5.82 Å². The zero-order valence-corrected chi connectivity index (χ0v) is 11.2. The number of nitrogen functional groups attached to an aromatic ring is 1. The lowest BCUT2D eigenvalue weighted by Crippen LogP contribution is -2.30. The van der Waals surface area contributed by atoms with E-state index < -0.39 is 5.91 Å². The van der Waals surface area contributed by atoms with Crippen LogP contribution < -0.4 is 11.3 Å². The van der Waals surface area contributed by atoms with Crippen molar-refractivity contribution >= 4 is 29.2 Å². The number of nitrogens with zero attached hydrogens (tertiary/aromatic N) is 5. The minimum absolute atomic E-state index is 0.203. The van der Waals surface area contributed by atoms with Crippen LogP contribution in [0.2, 0.25) is 0 Å². The lowest BCUT2D eigenvalue weighted by atomic mass is 10.5. The fourth-order valence-electron chi connectivity index (χ4n) is 1.15. The molecule has 2 rings (SSSR count). The number of carbonyl (C=O) groups is 1. The van der Waals surface area contributed by atoms with Gasteiger partial charge in [0.2, 0.25) is 0 Å². The van der Waals surface area contributed by atoms with E-state index in [1.54, 1.807) is 22.6 Å². The van der Waals surface area contributed by atoms with Crippen molar-refractivity contribution in [1.82, 2.24) is 29.8 Å². The Balaban J connectivity index is 1.83. The number of thioether (sulfide) groups is 1. The second-order valence-corrected chi connectivity index (χ2v) is 5.39. The first-order valence-corrected chi connectivity index (χ1v) is 6.79. The lowest BCUT2D eigenvalue weighted by Gasteiger charge is -1.97. The SMILES string of the molecule is Cc1nsc(SCCn2cc(C(=O)NN)nn2)n1. The molecule has 0 radical (unpaired) electrons. The van der Waals surface area contributed by atoms with Crippen LogP contribution in [0.25, 0.3) is 0 Å². The number of nitrogens with one attached hydrogen (secondary N) is 1. The van der Waals surface area contributed by atoms with Gasteiger partial charge in [-0.25, -0.2) is 10.8 Å². The van der Waals surface area contributed by atoms with Gasteiger partial charge in [-0.05, 0) is 18.5 Å². The molecular weight excluding hydrogens is 274 g/mol. The van der Waals surface area contributed by atoms with E-state index in [0.717, 1.165) is 15.9 Å². The molecule has 3 N–H and O–H groups in total. The highest BCUT2D eigenvalue weighted by molar-refractivity contribution is 8.00. The standard InChI is InChI=1S/C8H11N7OS2/c1-5-10-8(18-13-5)17-3-2-15-4-6(12-14-15)7(16)11-9/h4H,2-3,9H2,1H3,(H,11,16). The van der Waals surface area contributed by atoms with Crippen molar-refractivity contribution in [3.63, 3.8) is 0 Å². The Morgan fingerprint density at radius 2 is 2.50 bits per heavy atom. The van der Waals surface area contributed by atoms with Gasteiger partial charge in [-0.2, -0.15) is 4.37 Å². The van der Waals surface area contributed by atoms with Gasteiger partial charge < -0.3 is 0 Å². The molecule has 0 saturated carbocycles. The van der Waals surface area contributed by atoms with E-state index in [0.29, 0.717) is 6.54 Å². The molecule has 2 aromatic heterocycles. The topological polar surface area (TPSA) is 112 Å². The summed E-state index contributed by atoms with van der Waals surface area (Å²) in [5.74, 6) is 6.11. The number of hydrogen-bond donors (Lipinski definition) is 2. The maximum atomic E-state index is 11.2. The van der Waals surface area contributed by atoms with Crippen molar-refractivity contribution in [1.29, 1.82) is 0 Å². The Kier molecular flexibility index (Phi) is 4.23. The molecule has 0 atom stereocenters. The fourth-order valence-corrected chi connectivity index (χ4v) is 2.80.